The Morgan fingerprint density at radius 1 is 1.00 bits per heavy atom. The molecule has 1 fully saturated rings. The van der Waals surface area contributed by atoms with Gasteiger partial charge in [-0.25, -0.2) is 4.39 Å². The predicted octanol–water partition coefficient (Wildman–Crippen LogP) is 6.75. The first-order chi connectivity index (χ1) is 17.2. The third kappa shape index (κ3) is 7.22. The van der Waals surface area contributed by atoms with Crippen LogP contribution in [0.3, 0.4) is 0 Å². The molecule has 0 aromatic heterocycles. The van der Waals surface area contributed by atoms with E-state index in [2.05, 4.69) is 4.74 Å². The van der Waals surface area contributed by atoms with Crippen LogP contribution in [0.15, 0.2) is 42.5 Å². The van der Waals surface area contributed by atoms with Crippen LogP contribution in [-0.4, -0.2) is 43.7 Å². The first-order valence-corrected chi connectivity index (χ1v) is 11.7. The summed E-state index contributed by atoms with van der Waals surface area (Å²) in [5, 5.41) is 0. The van der Waals surface area contributed by atoms with Crippen LogP contribution in [0.5, 0.6) is 0 Å². The summed E-state index contributed by atoms with van der Waals surface area (Å²) in [6, 6.07) is 6.98. The highest BCUT2D eigenvalue weighted by Crippen LogP contribution is 2.43. The van der Waals surface area contributed by atoms with Crippen molar-refractivity contribution in [1.82, 2.24) is 4.90 Å². The zero-order chi connectivity index (χ0) is 27.5. The molecule has 4 unspecified atom stereocenters. The first-order valence-electron chi connectivity index (χ1n) is 11.7. The molecule has 0 bridgehead atoms. The highest BCUT2D eigenvalue weighted by molar-refractivity contribution is 5.69. The summed E-state index contributed by atoms with van der Waals surface area (Å²) >= 11 is 0. The molecular weight excluding hydrogens is 507 g/mol. The molecule has 2 aromatic rings. The third-order valence-corrected chi connectivity index (χ3v) is 6.74. The third-order valence-electron chi connectivity index (χ3n) is 6.74. The van der Waals surface area contributed by atoms with E-state index in [0.717, 1.165) is 0 Å². The van der Waals surface area contributed by atoms with Gasteiger partial charge in [0.15, 0.2) is 0 Å². The van der Waals surface area contributed by atoms with Crippen molar-refractivity contribution in [3.8, 4) is 0 Å². The largest absolute Gasteiger partial charge is 0.469 e. The summed E-state index contributed by atoms with van der Waals surface area (Å²) in [4.78, 5) is 13.5. The van der Waals surface area contributed by atoms with Crippen LogP contribution in [0, 0.1) is 5.82 Å². The van der Waals surface area contributed by atoms with Gasteiger partial charge in [-0.1, -0.05) is 12.1 Å². The number of rotatable bonds is 8. The highest BCUT2D eigenvalue weighted by Gasteiger charge is 2.42. The number of carbonyl (C=O) groups is 1. The van der Waals surface area contributed by atoms with Crippen LogP contribution in [0.4, 0.5) is 30.7 Å². The lowest BCUT2D eigenvalue weighted by Gasteiger charge is -2.33. The maximum absolute atomic E-state index is 13.6. The number of halogens is 7. The van der Waals surface area contributed by atoms with Crippen LogP contribution < -0.4 is 0 Å². The van der Waals surface area contributed by atoms with Gasteiger partial charge < -0.3 is 14.4 Å². The summed E-state index contributed by atoms with van der Waals surface area (Å²) in [6.45, 7) is 1.77. The minimum absolute atomic E-state index is 0.0827. The lowest BCUT2D eigenvalue weighted by atomic mass is 9.91. The van der Waals surface area contributed by atoms with Gasteiger partial charge in [-0.2, -0.15) is 26.3 Å². The SMILES string of the molecule is COC(=O)CCN(C)C1CCC(OC(C)c2cc(C(F)(F)F)cc(C(F)(F)F)c2)C1c1ccc(F)cc1. The van der Waals surface area contributed by atoms with Crippen LogP contribution in [0.1, 0.15) is 60.5 Å². The summed E-state index contributed by atoms with van der Waals surface area (Å²) in [5.41, 5.74) is -2.35. The molecule has 0 heterocycles. The Morgan fingerprint density at radius 2 is 1.57 bits per heavy atom. The normalized spacial score (nSPS) is 21.3. The molecule has 11 heteroatoms. The van der Waals surface area contributed by atoms with Crippen molar-refractivity contribution in [3.05, 3.63) is 70.5 Å². The van der Waals surface area contributed by atoms with Crippen molar-refractivity contribution >= 4 is 5.97 Å². The summed E-state index contributed by atoms with van der Waals surface area (Å²) in [7, 11) is 3.08. The van der Waals surface area contributed by atoms with Crippen LogP contribution in [0.2, 0.25) is 0 Å². The van der Waals surface area contributed by atoms with Gasteiger partial charge in [0.2, 0.25) is 0 Å². The van der Waals surface area contributed by atoms with Crippen molar-refractivity contribution < 1.29 is 45.0 Å². The number of hydrogen-bond donors (Lipinski definition) is 0. The Kier molecular flexibility index (Phi) is 8.89. The number of benzene rings is 2. The van der Waals surface area contributed by atoms with Crippen molar-refractivity contribution in [1.29, 1.82) is 0 Å². The quantitative estimate of drug-likeness (QED) is 0.277. The number of ether oxygens (including phenoxy) is 2. The number of methoxy groups -OCH3 is 1. The Labute approximate surface area is 210 Å². The van der Waals surface area contributed by atoms with E-state index >= 15 is 0 Å². The molecule has 0 saturated heterocycles. The molecule has 1 saturated carbocycles. The molecule has 204 valence electrons. The van der Waals surface area contributed by atoms with Gasteiger partial charge in [0, 0.05) is 18.5 Å². The minimum Gasteiger partial charge on any atom is -0.469 e. The standard InChI is InChI=1S/C26H28F7NO3/c1-15(17-12-18(25(28,29)30)14-19(13-17)26(31,32)33)37-22-9-8-21(34(2)11-10-23(35)36-3)24(22)16-4-6-20(27)7-5-16/h4-7,12-15,21-22,24H,8-11H2,1-3H3. The van der Waals surface area contributed by atoms with Gasteiger partial charge in [-0.15, -0.1) is 0 Å². The Bertz CT molecular complexity index is 1040. The minimum atomic E-state index is -4.97. The second-order valence-corrected chi connectivity index (χ2v) is 9.18. The highest BCUT2D eigenvalue weighted by atomic mass is 19.4. The fourth-order valence-electron chi connectivity index (χ4n) is 4.80. The van der Waals surface area contributed by atoms with Crippen molar-refractivity contribution in [3.63, 3.8) is 0 Å². The number of carbonyl (C=O) groups excluding carboxylic acids is 1. The van der Waals surface area contributed by atoms with E-state index in [1.165, 1.54) is 26.2 Å². The molecule has 3 rings (SSSR count). The number of nitrogens with zero attached hydrogens (tertiary/aromatic N) is 1. The molecule has 0 spiro atoms. The lowest BCUT2D eigenvalue weighted by molar-refractivity contribution is -0.143. The van der Waals surface area contributed by atoms with Crippen molar-refractivity contribution in [2.45, 2.75) is 62.7 Å². The Balaban J connectivity index is 1.90. The topological polar surface area (TPSA) is 38.8 Å². The van der Waals surface area contributed by atoms with E-state index in [-0.39, 0.29) is 30.0 Å². The van der Waals surface area contributed by atoms with Crippen LogP contribution >= 0.6 is 0 Å². The number of hydrogen-bond acceptors (Lipinski definition) is 4. The van der Waals surface area contributed by atoms with Crippen LogP contribution in [-0.2, 0) is 26.6 Å². The Morgan fingerprint density at radius 3 is 2.08 bits per heavy atom. The maximum Gasteiger partial charge on any atom is 0.416 e. The average Bonchev–Trinajstić information content (AvgIpc) is 3.24. The van der Waals surface area contributed by atoms with Crippen molar-refractivity contribution in [2.75, 3.05) is 20.7 Å². The maximum atomic E-state index is 13.6. The predicted molar refractivity (Wildman–Crippen MR) is 121 cm³/mol. The van der Waals surface area contributed by atoms with E-state index < -0.39 is 47.5 Å². The van der Waals surface area contributed by atoms with Crippen molar-refractivity contribution in [2.24, 2.45) is 0 Å². The second kappa shape index (κ2) is 11.4. The molecule has 0 aliphatic heterocycles. The van der Waals surface area contributed by atoms with E-state index in [1.54, 1.807) is 19.2 Å². The van der Waals surface area contributed by atoms with Gasteiger partial charge in [0.1, 0.15) is 5.82 Å². The second-order valence-electron chi connectivity index (χ2n) is 9.18. The molecule has 37 heavy (non-hydrogen) atoms. The van der Waals surface area contributed by atoms with E-state index in [1.807, 2.05) is 4.90 Å². The Hall–Kier alpha value is -2.66. The van der Waals surface area contributed by atoms with Gasteiger partial charge in [-0.05, 0) is 68.3 Å². The smallest absolute Gasteiger partial charge is 0.416 e. The molecular formula is C26H28F7NO3. The molecule has 1 aliphatic rings. The average molecular weight is 536 g/mol. The molecule has 0 amide bonds. The van der Waals surface area contributed by atoms with Gasteiger partial charge in [0.25, 0.3) is 0 Å². The fourth-order valence-corrected chi connectivity index (χ4v) is 4.80. The van der Waals surface area contributed by atoms with Gasteiger partial charge in [-0.3, -0.25) is 4.79 Å². The number of alkyl halides is 6. The summed E-state index contributed by atoms with van der Waals surface area (Å²) in [5.74, 6) is -1.21. The zero-order valence-corrected chi connectivity index (χ0v) is 20.5. The lowest BCUT2D eigenvalue weighted by Crippen LogP contribution is -2.38. The van der Waals surface area contributed by atoms with E-state index in [9.17, 15) is 35.5 Å². The number of esters is 1. The zero-order valence-electron chi connectivity index (χ0n) is 20.5. The summed E-state index contributed by atoms with van der Waals surface area (Å²) in [6.07, 6.45) is -10.4. The molecule has 0 radical (unpaired) electrons. The van der Waals surface area contributed by atoms with E-state index in [4.69, 9.17) is 4.74 Å². The molecule has 1 aliphatic carbocycles. The first kappa shape index (κ1) is 28.9. The number of likely N-dealkylation sites (N-methyl/N-ethyl adjacent to an activating group) is 1. The molecule has 4 nitrogen and oxygen atoms in total. The van der Waals surface area contributed by atoms with Gasteiger partial charge >= 0.3 is 18.3 Å². The molecule has 4 atom stereocenters. The van der Waals surface area contributed by atoms with Crippen LogP contribution in [0.25, 0.3) is 0 Å². The molecule has 2 aromatic carbocycles. The van der Waals surface area contributed by atoms with Gasteiger partial charge in [0.05, 0.1) is 36.9 Å². The fraction of sp³-hybridized carbons (Fsp3) is 0.500. The monoisotopic (exact) mass is 535 g/mol. The van der Waals surface area contributed by atoms with E-state index in [0.29, 0.717) is 37.1 Å². The summed E-state index contributed by atoms with van der Waals surface area (Å²) < 4.78 is 104. The molecule has 0 N–H and O–H groups in total.